The van der Waals surface area contributed by atoms with Crippen molar-refractivity contribution in [3.63, 3.8) is 0 Å². The van der Waals surface area contributed by atoms with E-state index in [0.29, 0.717) is 12.0 Å². The van der Waals surface area contributed by atoms with Crippen LogP contribution in [0.4, 0.5) is 0 Å². The summed E-state index contributed by atoms with van der Waals surface area (Å²) in [5, 5.41) is 8.75. The standard InChI is InChI=1S/C15H28ClN3/c1-10(2)15(6,9-17-11(3)4)8-13-12(5)18-19(7)14(13)16/h10-11,17H,8-9H2,1-7H3. The first-order chi connectivity index (χ1) is 8.67. The molecule has 1 N–H and O–H groups in total. The highest BCUT2D eigenvalue weighted by Gasteiger charge is 2.31. The SMILES string of the molecule is Cc1nn(C)c(Cl)c1CC(C)(CNC(C)C)C(C)C. The second-order valence-corrected chi connectivity index (χ2v) is 6.86. The lowest BCUT2D eigenvalue weighted by molar-refractivity contribution is 0.202. The second kappa shape index (κ2) is 6.27. The fraction of sp³-hybridized carbons (Fsp3) is 0.800. The smallest absolute Gasteiger partial charge is 0.130 e. The van der Waals surface area contributed by atoms with Crippen molar-refractivity contribution in [2.45, 2.75) is 54.0 Å². The first kappa shape index (κ1) is 16.5. The Morgan fingerprint density at radius 2 is 1.89 bits per heavy atom. The first-order valence-electron chi connectivity index (χ1n) is 7.08. The van der Waals surface area contributed by atoms with E-state index in [0.717, 1.165) is 23.8 Å². The molecule has 0 spiro atoms. The molecule has 0 bridgehead atoms. The fourth-order valence-corrected chi connectivity index (χ4v) is 2.43. The molecule has 1 aromatic heterocycles. The van der Waals surface area contributed by atoms with Gasteiger partial charge in [0.15, 0.2) is 0 Å². The first-order valence-corrected chi connectivity index (χ1v) is 7.46. The number of aromatic nitrogens is 2. The lowest BCUT2D eigenvalue weighted by Crippen LogP contribution is -2.40. The monoisotopic (exact) mass is 285 g/mol. The minimum Gasteiger partial charge on any atom is -0.314 e. The van der Waals surface area contributed by atoms with E-state index in [2.05, 4.69) is 45.0 Å². The van der Waals surface area contributed by atoms with Crippen LogP contribution in [0.5, 0.6) is 0 Å². The average Bonchev–Trinajstić information content (AvgIpc) is 2.53. The highest BCUT2D eigenvalue weighted by atomic mass is 35.5. The molecule has 0 saturated heterocycles. The van der Waals surface area contributed by atoms with Crippen LogP contribution in [0.15, 0.2) is 0 Å². The normalized spacial score (nSPS) is 15.3. The third kappa shape index (κ3) is 3.96. The average molecular weight is 286 g/mol. The summed E-state index contributed by atoms with van der Waals surface area (Å²) >= 11 is 6.37. The highest BCUT2D eigenvalue weighted by molar-refractivity contribution is 6.30. The van der Waals surface area contributed by atoms with Crippen LogP contribution in [0.1, 0.15) is 45.9 Å². The Balaban J connectivity index is 2.95. The van der Waals surface area contributed by atoms with Crippen molar-refractivity contribution >= 4 is 11.6 Å². The van der Waals surface area contributed by atoms with Gasteiger partial charge in [0.25, 0.3) is 0 Å². The molecule has 4 heteroatoms. The van der Waals surface area contributed by atoms with Crippen molar-refractivity contribution in [2.75, 3.05) is 6.54 Å². The summed E-state index contributed by atoms with van der Waals surface area (Å²) in [4.78, 5) is 0. The van der Waals surface area contributed by atoms with Crippen LogP contribution in [-0.4, -0.2) is 22.4 Å². The molecule has 0 aliphatic heterocycles. The lowest BCUT2D eigenvalue weighted by atomic mass is 9.74. The summed E-state index contributed by atoms with van der Waals surface area (Å²) in [6.07, 6.45) is 0.961. The Bertz CT molecular complexity index is 423. The minimum absolute atomic E-state index is 0.182. The van der Waals surface area contributed by atoms with Crippen LogP contribution in [-0.2, 0) is 13.5 Å². The number of halogens is 1. The molecule has 0 aliphatic carbocycles. The van der Waals surface area contributed by atoms with Crippen LogP contribution in [0.25, 0.3) is 0 Å². The fourth-order valence-electron chi connectivity index (χ4n) is 2.19. The summed E-state index contributed by atoms with van der Waals surface area (Å²) in [5.74, 6) is 0.578. The van der Waals surface area contributed by atoms with Gasteiger partial charge >= 0.3 is 0 Å². The Hall–Kier alpha value is -0.540. The topological polar surface area (TPSA) is 29.9 Å². The summed E-state index contributed by atoms with van der Waals surface area (Å²) in [6, 6.07) is 0.503. The van der Waals surface area contributed by atoms with E-state index >= 15 is 0 Å². The number of nitrogens with one attached hydrogen (secondary N) is 1. The molecular weight excluding hydrogens is 258 g/mol. The van der Waals surface area contributed by atoms with E-state index in [1.807, 2.05) is 14.0 Å². The van der Waals surface area contributed by atoms with Crippen LogP contribution >= 0.6 is 11.6 Å². The summed E-state index contributed by atoms with van der Waals surface area (Å²) in [7, 11) is 1.90. The van der Waals surface area contributed by atoms with Gasteiger partial charge in [0.05, 0.1) is 5.69 Å². The second-order valence-electron chi connectivity index (χ2n) is 6.50. The number of nitrogens with zero attached hydrogens (tertiary/aromatic N) is 2. The van der Waals surface area contributed by atoms with Gasteiger partial charge in [0, 0.05) is 25.2 Å². The molecule has 0 aromatic carbocycles. The lowest BCUT2D eigenvalue weighted by Gasteiger charge is -2.35. The van der Waals surface area contributed by atoms with Crippen LogP contribution < -0.4 is 5.32 Å². The Kier molecular flexibility index (Phi) is 5.45. The van der Waals surface area contributed by atoms with Crippen LogP contribution in [0, 0.1) is 18.3 Å². The van der Waals surface area contributed by atoms with Crippen molar-refractivity contribution in [1.82, 2.24) is 15.1 Å². The van der Waals surface area contributed by atoms with Gasteiger partial charge in [-0.2, -0.15) is 5.10 Å². The Morgan fingerprint density at radius 3 is 2.26 bits per heavy atom. The number of hydrogen-bond acceptors (Lipinski definition) is 2. The minimum atomic E-state index is 0.182. The van der Waals surface area contributed by atoms with E-state index in [4.69, 9.17) is 11.6 Å². The van der Waals surface area contributed by atoms with Gasteiger partial charge in [-0.15, -0.1) is 0 Å². The van der Waals surface area contributed by atoms with E-state index in [9.17, 15) is 0 Å². The van der Waals surface area contributed by atoms with Crippen molar-refractivity contribution in [3.05, 3.63) is 16.4 Å². The Labute approximate surface area is 122 Å². The molecule has 0 fully saturated rings. The van der Waals surface area contributed by atoms with Gasteiger partial charge in [-0.3, -0.25) is 4.68 Å². The zero-order valence-electron chi connectivity index (χ0n) is 13.3. The number of hydrogen-bond donors (Lipinski definition) is 1. The predicted molar refractivity (Wildman–Crippen MR) is 82.7 cm³/mol. The molecule has 1 aromatic rings. The van der Waals surface area contributed by atoms with Crippen molar-refractivity contribution < 1.29 is 0 Å². The molecule has 0 saturated carbocycles. The van der Waals surface area contributed by atoms with E-state index < -0.39 is 0 Å². The van der Waals surface area contributed by atoms with Gasteiger partial charge in [-0.1, -0.05) is 46.2 Å². The molecule has 1 unspecified atom stereocenters. The largest absolute Gasteiger partial charge is 0.314 e. The van der Waals surface area contributed by atoms with E-state index in [1.54, 1.807) is 4.68 Å². The molecule has 0 radical (unpaired) electrons. The predicted octanol–water partition coefficient (Wildman–Crippen LogP) is 3.58. The molecule has 1 rings (SSSR count). The molecule has 0 aliphatic rings. The van der Waals surface area contributed by atoms with Crippen molar-refractivity contribution in [2.24, 2.45) is 18.4 Å². The molecule has 19 heavy (non-hydrogen) atoms. The van der Waals surface area contributed by atoms with Gasteiger partial charge in [-0.25, -0.2) is 0 Å². The zero-order valence-corrected chi connectivity index (χ0v) is 14.1. The molecule has 1 heterocycles. The number of rotatable bonds is 6. The van der Waals surface area contributed by atoms with Gasteiger partial charge in [0.2, 0.25) is 0 Å². The van der Waals surface area contributed by atoms with Crippen LogP contribution in [0.2, 0.25) is 5.15 Å². The van der Waals surface area contributed by atoms with Gasteiger partial charge < -0.3 is 5.32 Å². The quantitative estimate of drug-likeness (QED) is 0.866. The summed E-state index contributed by atoms with van der Waals surface area (Å²) < 4.78 is 1.77. The van der Waals surface area contributed by atoms with Gasteiger partial charge in [-0.05, 0) is 24.7 Å². The molecule has 110 valence electrons. The van der Waals surface area contributed by atoms with Crippen molar-refractivity contribution in [1.29, 1.82) is 0 Å². The third-order valence-electron chi connectivity index (χ3n) is 4.16. The maximum atomic E-state index is 6.37. The molecular formula is C15H28ClN3. The third-order valence-corrected chi connectivity index (χ3v) is 4.63. The summed E-state index contributed by atoms with van der Waals surface area (Å²) in [5.41, 5.74) is 2.41. The zero-order chi connectivity index (χ0) is 14.8. The maximum Gasteiger partial charge on any atom is 0.130 e. The highest BCUT2D eigenvalue weighted by Crippen LogP contribution is 2.34. The molecule has 0 amide bonds. The summed E-state index contributed by atoms with van der Waals surface area (Å²) in [6.45, 7) is 14.3. The molecule has 3 nitrogen and oxygen atoms in total. The van der Waals surface area contributed by atoms with E-state index in [1.165, 1.54) is 5.56 Å². The maximum absolute atomic E-state index is 6.37. The van der Waals surface area contributed by atoms with E-state index in [-0.39, 0.29) is 5.41 Å². The van der Waals surface area contributed by atoms with Crippen LogP contribution in [0.3, 0.4) is 0 Å². The Morgan fingerprint density at radius 1 is 1.32 bits per heavy atom. The van der Waals surface area contributed by atoms with Gasteiger partial charge in [0.1, 0.15) is 5.15 Å². The van der Waals surface area contributed by atoms with Crippen molar-refractivity contribution in [3.8, 4) is 0 Å². The molecule has 1 atom stereocenters. The number of aryl methyl sites for hydroxylation is 2.